The molecule has 0 saturated carbocycles. The lowest BCUT2D eigenvalue weighted by Crippen LogP contribution is -2.38. The van der Waals surface area contributed by atoms with Crippen molar-refractivity contribution < 1.29 is 9.84 Å². The van der Waals surface area contributed by atoms with Crippen molar-refractivity contribution in [3.05, 3.63) is 107 Å². The fraction of sp³-hybridized carbons (Fsp3) is 0.321. The lowest BCUT2D eigenvalue weighted by atomic mass is 9.88. The zero-order valence-corrected chi connectivity index (χ0v) is 19.4. The second kappa shape index (κ2) is 10.2. The van der Waals surface area contributed by atoms with Gasteiger partial charge >= 0.3 is 0 Å². The SMILES string of the molecule is CCn1cc(-c2ccc([C@H](C)N3C=CC(CCCO)(c4ccccc4)OC3)cc2)ccc1=O. The summed E-state index contributed by atoms with van der Waals surface area (Å²) >= 11 is 0. The van der Waals surface area contributed by atoms with Gasteiger partial charge < -0.3 is 19.3 Å². The van der Waals surface area contributed by atoms with Gasteiger partial charge in [-0.15, -0.1) is 0 Å². The first-order chi connectivity index (χ1) is 16.1. The third kappa shape index (κ3) is 4.95. The van der Waals surface area contributed by atoms with Crippen molar-refractivity contribution in [2.75, 3.05) is 13.3 Å². The maximum absolute atomic E-state index is 11.9. The molecule has 1 N–H and O–H groups in total. The second-order valence-corrected chi connectivity index (χ2v) is 8.53. The molecule has 172 valence electrons. The van der Waals surface area contributed by atoms with Crippen LogP contribution in [0, 0.1) is 0 Å². The van der Waals surface area contributed by atoms with E-state index in [4.69, 9.17) is 4.74 Å². The molecule has 0 bridgehead atoms. The summed E-state index contributed by atoms with van der Waals surface area (Å²) in [6.07, 6.45) is 7.59. The fourth-order valence-corrected chi connectivity index (χ4v) is 4.37. The van der Waals surface area contributed by atoms with E-state index in [1.165, 1.54) is 5.56 Å². The van der Waals surface area contributed by atoms with E-state index >= 15 is 0 Å². The predicted octanol–water partition coefficient (Wildman–Crippen LogP) is 5.07. The molecule has 0 saturated heterocycles. The molecule has 0 amide bonds. The first-order valence-electron chi connectivity index (χ1n) is 11.6. The van der Waals surface area contributed by atoms with Crippen LogP contribution >= 0.6 is 0 Å². The quantitative estimate of drug-likeness (QED) is 0.527. The Hall–Kier alpha value is -3.15. The van der Waals surface area contributed by atoms with Crippen molar-refractivity contribution in [2.24, 2.45) is 0 Å². The van der Waals surface area contributed by atoms with Gasteiger partial charge in [-0.05, 0) is 61.1 Å². The lowest BCUT2D eigenvalue weighted by Gasteiger charge is -2.40. The van der Waals surface area contributed by atoms with E-state index < -0.39 is 5.60 Å². The standard InChI is InChI=1S/C28H32N2O3/c1-3-29-20-25(14-15-27(29)32)24-12-10-23(11-13-24)22(2)30-18-17-28(33-21-30,16-7-19-31)26-8-5-4-6-9-26/h4-6,8-15,17-18,20,22,31H,3,7,16,19,21H2,1-2H3/t22-,28?/m0/s1. The Morgan fingerprint density at radius 3 is 2.39 bits per heavy atom. The minimum Gasteiger partial charge on any atom is -0.396 e. The molecule has 2 atom stereocenters. The largest absolute Gasteiger partial charge is 0.396 e. The summed E-state index contributed by atoms with van der Waals surface area (Å²) in [5.74, 6) is 0. The van der Waals surface area contributed by atoms with Crippen LogP contribution in [-0.2, 0) is 16.9 Å². The van der Waals surface area contributed by atoms with Gasteiger partial charge in [0.25, 0.3) is 5.56 Å². The summed E-state index contributed by atoms with van der Waals surface area (Å²) in [6.45, 7) is 5.42. The number of aliphatic hydroxyl groups is 1. The highest BCUT2D eigenvalue weighted by Gasteiger charge is 2.34. The summed E-state index contributed by atoms with van der Waals surface area (Å²) in [5.41, 5.74) is 3.94. The van der Waals surface area contributed by atoms with E-state index in [-0.39, 0.29) is 18.2 Å². The van der Waals surface area contributed by atoms with Crippen LogP contribution in [0.15, 0.2) is 90.0 Å². The van der Waals surface area contributed by atoms with Gasteiger partial charge in [-0.2, -0.15) is 0 Å². The molecular formula is C28H32N2O3. The van der Waals surface area contributed by atoms with E-state index in [0.29, 0.717) is 19.7 Å². The average molecular weight is 445 g/mol. The maximum Gasteiger partial charge on any atom is 0.250 e. The number of hydrogen-bond acceptors (Lipinski definition) is 4. The van der Waals surface area contributed by atoms with E-state index in [9.17, 15) is 9.90 Å². The topological polar surface area (TPSA) is 54.7 Å². The molecule has 0 aliphatic carbocycles. The predicted molar refractivity (Wildman–Crippen MR) is 132 cm³/mol. The van der Waals surface area contributed by atoms with Crippen molar-refractivity contribution in [2.45, 2.75) is 44.9 Å². The van der Waals surface area contributed by atoms with E-state index in [1.807, 2.05) is 37.4 Å². The number of aromatic nitrogens is 1. The molecule has 2 heterocycles. The maximum atomic E-state index is 11.9. The smallest absolute Gasteiger partial charge is 0.250 e. The molecule has 1 aliphatic heterocycles. The lowest BCUT2D eigenvalue weighted by molar-refractivity contribution is -0.0887. The molecule has 1 unspecified atom stereocenters. The molecule has 3 aromatic rings. The van der Waals surface area contributed by atoms with Crippen molar-refractivity contribution in [3.8, 4) is 11.1 Å². The highest BCUT2D eigenvalue weighted by atomic mass is 16.5. The van der Waals surface area contributed by atoms with Crippen LogP contribution in [0.25, 0.3) is 11.1 Å². The van der Waals surface area contributed by atoms with Crippen LogP contribution in [0.3, 0.4) is 0 Å². The normalized spacial score (nSPS) is 18.9. The summed E-state index contributed by atoms with van der Waals surface area (Å²) < 4.78 is 8.15. The highest BCUT2D eigenvalue weighted by molar-refractivity contribution is 5.62. The van der Waals surface area contributed by atoms with Crippen molar-refractivity contribution >= 4 is 0 Å². The Bertz CT molecular complexity index is 1140. The number of benzene rings is 2. The van der Waals surface area contributed by atoms with E-state index in [2.05, 4.69) is 60.5 Å². The summed E-state index contributed by atoms with van der Waals surface area (Å²) in [6, 6.07) is 22.4. The molecule has 0 fully saturated rings. The van der Waals surface area contributed by atoms with Crippen LogP contribution in [0.1, 0.15) is 43.9 Å². The van der Waals surface area contributed by atoms with Crippen LogP contribution in [0.2, 0.25) is 0 Å². The van der Waals surface area contributed by atoms with Crippen molar-refractivity contribution in [1.82, 2.24) is 9.47 Å². The molecule has 1 aromatic heterocycles. The highest BCUT2D eigenvalue weighted by Crippen LogP contribution is 2.37. The van der Waals surface area contributed by atoms with Gasteiger partial charge in [0, 0.05) is 31.6 Å². The molecule has 0 radical (unpaired) electrons. The summed E-state index contributed by atoms with van der Waals surface area (Å²) in [5, 5.41) is 9.39. The van der Waals surface area contributed by atoms with Gasteiger partial charge in [0.05, 0.1) is 6.04 Å². The average Bonchev–Trinajstić information content (AvgIpc) is 2.88. The van der Waals surface area contributed by atoms with Crippen molar-refractivity contribution in [3.63, 3.8) is 0 Å². The molecule has 2 aromatic carbocycles. The van der Waals surface area contributed by atoms with Crippen LogP contribution in [0.5, 0.6) is 0 Å². The minimum atomic E-state index is -0.507. The number of ether oxygens (including phenoxy) is 1. The number of nitrogens with zero attached hydrogens (tertiary/aromatic N) is 2. The first-order valence-corrected chi connectivity index (χ1v) is 11.6. The van der Waals surface area contributed by atoms with Crippen LogP contribution < -0.4 is 5.56 Å². The zero-order valence-electron chi connectivity index (χ0n) is 19.4. The monoisotopic (exact) mass is 444 g/mol. The molecule has 33 heavy (non-hydrogen) atoms. The second-order valence-electron chi connectivity index (χ2n) is 8.53. The van der Waals surface area contributed by atoms with E-state index in [0.717, 1.165) is 23.1 Å². The molecule has 5 nitrogen and oxygen atoms in total. The fourth-order valence-electron chi connectivity index (χ4n) is 4.37. The number of aryl methyl sites for hydroxylation is 1. The van der Waals surface area contributed by atoms with Gasteiger partial charge in [0.15, 0.2) is 0 Å². The molecule has 5 heteroatoms. The Kier molecular flexibility index (Phi) is 7.11. The zero-order chi connectivity index (χ0) is 23.3. The van der Waals surface area contributed by atoms with Gasteiger partial charge in [0.1, 0.15) is 12.3 Å². The number of pyridine rings is 1. The summed E-state index contributed by atoms with van der Waals surface area (Å²) in [4.78, 5) is 14.1. The van der Waals surface area contributed by atoms with Crippen LogP contribution in [0.4, 0.5) is 0 Å². The molecular weight excluding hydrogens is 412 g/mol. The molecule has 4 rings (SSSR count). The Balaban J connectivity index is 1.52. The van der Waals surface area contributed by atoms with Crippen molar-refractivity contribution in [1.29, 1.82) is 0 Å². The first kappa shape index (κ1) is 23.0. The third-order valence-electron chi connectivity index (χ3n) is 6.52. The number of rotatable bonds is 8. The minimum absolute atomic E-state index is 0.0222. The Morgan fingerprint density at radius 1 is 1.03 bits per heavy atom. The number of hydrogen-bond donors (Lipinski definition) is 1. The Morgan fingerprint density at radius 2 is 1.76 bits per heavy atom. The van der Waals surface area contributed by atoms with Gasteiger partial charge in [-0.1, -0.05) is 54.6 Å². The van der Waals surface area contributed by atoms with E-state index in [1.54, 1.807) is 10.6 Å². The number of aliphatic hydroxyl groups excluding tert-OH is 1. The van der Waals surface area contributed by atoms with Gasteiger partial charge in [-0.25, -0.2) is 0 Å². The van der Waals surface area contributed by atoms with Crippen LogP contribution in [-0.4, -0.2) is 27.9 Å². The molecule has 0 spiro atoms. The summed E-state index contributed by atoms with van der Waals surface area (Å²) in [7, 11) is 0. The van der Waals surface area contributed by atoms with Gasteiger partial charge in [0.2, 0.25) is 0 Å². The van der Waals surface area contributed by atoms with Gasteiger partial charge in [-0.3, -0.25) is 4.79 Å². The third-order valence-corrected chi connectivity index (χ3v) is 6.52. The molecule has 1 aliphatic rings. The Labute approximate surface area is 195 Å².